The highest BCUT2D eigenvalue weighted by molar-refractivity contribution is 7.95. The number of hydrogen-bond donors (Lipinski definition) is 0. The standard InChI is InChI=1S/C15H11F3O3S/c16-15(17,18)22-21-14-7-12(9-19)6-13(8-14)20-10-11-4-2-1-3-5-11/h1-9H,10H2. The predicted molar refractivity (Wildman–Crippen MR) is 76.9 cm³/mol. The molecule has 0 heterocycles. The predicted octanol–water partition coefficient (Wildman–Crippen LogP) is 4.62. The zero-order valence-corrected chi connectivity index (χ0v) is 12.0. The molecule has 0 saturated carbocycles. The number of rotatable bonds is 6. The molecule has 0 aliphatic carbocycles. The number of carbonyl (C=O) groups is 1. The lowest BCUT2D eigenvalue weighted by Gasteiger charge is -2.10. The lowest BCUT2D eigenvalue weighted by Crippen LogP contribution is -2.03. The van der Waals surface area contributed by atoms with Crippen LogP contribution in [-0.4, -0.2) is 11.8 Å². The molecule has 0 saturated heterocycles. The third kappa shape index (κ3) is 5.33. The summed E-state index contributed by atoms with van der Waals surface area (Å²) in [4.78, 5) is 10.8. The van der Waals surface area contributed by atoms with Crippen molar-refractivity contribution in [2.24, 2.45) is 0 Å². The SMILES string of the molecule is O=Cc1cc(OCc2ccccc2)cc(OSC(F)(F)F)c1. The summed E-state index contributed by atoms with van der Waals surface area (Å²) >= 11 is -0.642. The first-order valence-corrected chi connectivity index (χ1v) is 6.90. The zero-order chi connectivity index (χ0) is 16.0. The maximum absolute atomic E-state index is 12.1. The largest absolute Gasteiger partial charge is 0.489 e. The molecule has 0 fully saturated rings. The number of halogens is 3. The van der Waals surface area contributed by atoms with Gasteiger partial charge in [0.15, 0.2) is 12.0 Å². The average Bonchev–Trinajstić information content (AvgIpc) is 2.51. The van der Waals surface area contributed by atoms with Gasteiger partial charge in [0.1, 0.15) is 24.4 Å². The minimum Gasteiger partial charge on any atom is -0.489 e. The normalized spacial score (nSPS) is 11.0. The average molecular weight is 328 g/mol. The van der Waals surface area contributed by atoms with E-state index in [4.69, 9.17) is 4.74 Å². The summed E-state index contributed by atoms with van der Waals surface area (Å²) < 4.78 is 46.4. The number of ether oxygens (including phenoxy) is 1. The van der Waals surface area contributed by atoms with Crippen molar-refractivity contribution < 1.29 is 26.9 Å². The van der Waals surface area contributed by atoms with Gasteiger partial charge in [-0.3, -0.25) is 4.79 Å². The second-order valence-electron chi connectivity index (χ2n) is 4.24. The molecule has 0 spiro atoms. The maximum Gasteiger partial charge on any atom is 0.479 e. The van der Waals surface area contributed by atoms with Crippen LogP contribution < -0.4 is 8.92 Å². The van der Waals surface area contributed by atoms with Crippen LogP contribution in [0.3, 0.4) is 0 Å². The van der Waals surface area contributed by atoms with E-state index in [2.05, 4.69) is 4.18 Å². The number of aldehydes is 1. The molecule has 0 atom stereocenters. The van der Waals surface area contributed by atoms with Gasteiger partial charge in [0.2, 0.25) is 0 Å². The van der Waals surface area contributed by atoms with Crippen molar-refractivity contribution in [2.75, 3.05) is 0 Å². The highest BCUT2D eigenvalue weighted by Crippen LogP contribution is 2.34. The Labute approximate surface area is 129 Å². The van der Waals surface area contributed by atoms with Gasteiger partial charge in [0, 0.05) is 11.6 Å². The Morgan fingerprint density at radius 1 is 1.05 bits per heavy atom. The van der Waals surface area contributed by atoms with Crippen LogP contribution in [0.2, 0.25) is 0 Å². The van der Waals surface area contributed by atoms with Crippen molar-refractivity contribution in [1.29, 1.82) is 0 Å². The van der Waals surface area contributed by atoms with Crippen LogP contribution in [0.4, 0.5) is 13.2 Å². The Hall–Kier alpha value is -2.15. The molecule has 0 amide bonds. The molecule has 2 rings (SSSR count). The molecule has 2 aromatic rings. The van der Waals surface area contributed by atoms with E-state index in [9.17, 15) is 18.0 Å². The van der Waals surface area contributed by atoms with E-state index in [0.717, 1.165) is 5.56 Å². The third-order valence-corrected chi connectivity index (χ3v) is 2.98. The van der Waals surface area contributed by atoms with Crippen molar-refractivity contribution in [3.63, 3.8) is 0 Å². The first-order chi connectivity index (χ1) is 10.5. The van der Waals surface area contributed by atoms with Crippen LogP contribution in [0, 0.1) is 0 Å². The van der Waals surface area contributed by atoms with Crippen LogP contribution >= 0.6 is 12.0 Å². The van der Waals surface area contributed by atoms with E-state index in [1.165, 1.54) is 18.2 Å². The van der Waals surface area contributed by atoms with Gasteiger partial charge in [0.25, 0.3) is 0 Å². The monoisotopic (exact) mass is 328 g/mol. The number of hydrogen-bond acceptors (Lipinski definition) is 4. The summed E-state index contributed by atoms with van der Waals surface area (Å²) in [6, 6.07) is 13.2. The lowest BCUT2D eigenvalue weighted by molar-refractivity contribution is -0.0369. The Bertz CT molecular complexity index is 630. The first-order valence-electron chi connectivity index (χ1n) is 6.16. The fourth-order valence-corrected chi connectivity index (χ4v) is 1.92. The number of benzene rings is 2. The van der Waals surface area contributed by atoms with E-state index in [1.54, 1.807) is 0 Å². The summed E-state index contributed by atoms with van der Waals surface area (Å²) in [5, 5.41) is 0. The van der Waals surface area contributed by atoms with Crippen LogP contribution in [0.1, 0.15) is 15.9 Å². The van der Waals surface area contributed by atoms with E-state index in [1.807, 2.05) is 30.3 Å². The molecule has 7 heteroatoms. The highest BCUT2D eigenvalue weighted by atomic mass is 32.2. The summed E-state index contributed by atoms with van der Waals surface area (Å²) in [6.45, 7) is 0.231. The topological polar surface area (TPSA) is 35.5 Å². The quantitative estimate of drug-likeness (QED) is 0.572. The molecular weight excluding hydrogens is 317 g/mol. The van der Waals surface area contributed by atoms with Crippen molar-refractivity contribution in [1.82, 2.24) is 0 Å². The van der Waals surface area contributed by atoms with E-state index in [0.29, 0.717) is 6.29 Å². The highest BCUT2D eigenvalue weighted by Gasteiger charge is 2.31. The fraction of sp³-hybridized carbons (Fsp3) is 0.133. The minimum atomic E-state index is -4.53. The van der Waals surface area contributed by atoms with Gasteiger partial charge in [-0.05, 0) is 17.7 Å². The molecule has 0 aliphatic rings. The molecular formula is C15H11F3O3S. The summed E-state index contributed by atoms with van der Waals surface area (Å²) in [5.41, 5.74) is -3.46. The van der Waals surface area contributed by atoms with Gasteiger partial charge in [-0.15, -0.1) is 0 Å². The van der Waals surface area contributed by atoms with Gasteiger partial charge < -0.3 is 8.92 Å². The number of carbonyl (C=O) groups excluding carboxylic acids is 1. The molecule has 0 N–H and O–H groups in total. The molecule has 3 nitrogen and oxygen atoms in total. The van der Waals surface area contributed by atoms with Gasteiger partial charge in [-0.1, -0.05) is 30.3 Å². The van der Waals surface area contributed by atoms with Crippen molar-refractivity contribution in [3.8, 4) is 11.5 Å². The second-order valence-corrected chi connectivity index (χ2v) is 5.04. The second kappa shape index (κ2) is 7.22. The first kappa shape index (κ1) is 16.2. The Kier molecular flexibility index (Phi) is 5.32. The van der Waals surface area contributed by atoms with Crippen molar-refractivity contribution >= 4 is 18.3 Å². The summed E-state index contributed by atoms with van der Waals surface area (Å²) in [6.07, 6.45) is 0.514. The van der Waals surface area contributed by atoms with Gasteiger partial charge >= 0.3 is 5.51 Å². The summed E-state index contributed by atoms with van der Waals surface area (Å²) in [7, 11) is 0. The third-order valence-electron chi connectivity index (χ3n) is 2.52. The minimum absolute atomic E-state index is 0.102. The molecule has 116 valence electrons. The molecule has 2 aromatic carbocycles. The number of alkyl halides is 3. The maximum atomic E-state index is 12.1. The smallest absolute Gasteiger partial charge is 0.479 e. The molecule has 0 unspecified atom stereocenters. The van der Waals surface area contributed by atoms with E-state index in [-0.39, 0.29) is 23.7 Å². The Morgan fingerprint density at radius 3 is 2.36 bits per heavy atom. The van der Waals surface area contributed by atoms with E-state index >= 15 is 0 Å². The van der Waals surface area contributed by atoms with Gasteiger partial charge in [-0.2, -0.15) is 13.2 Å². The van der Waals surface area contributed by atoms with Crippen molar-refractivity contribution in [3.05, 3.63) is 59.7 Å². The van der Waals surface area contributed by atoms with Crippen LogP contribution in [0.15, 0.2) is 48.5 Å². The van der Waals surface area contributed by atoms with Crippen LogP contribution in [0.5, 0.6) is 11.5 Å². The van der Waals surface area contributed by atoms with Crippen LogP contribution in [0.25, 0.3) is 0 Å². The Morgan fingerprint density at radius 2 is 1.73 bits per heavy atom. The molecule has 0 aromatic heterocycles. The lowest BCUT2D eigenvalue weighted by atomic mass is 10.2. The summed E-state index contributed by atoms with van der Waals surface area (Å²) in [5.74, 6) is 0.154. The molecule has 22 heavy (non-hydrogen) atoms. The zero-order valence-electron chi connectivity index (χ0n) is 11.2. The van der Waals surface area contributed by atoms with Gasteiger partial charge in [0.05, 0.1) is 0 Å². The molecule has 0 aliphatic heterocycles. The van der Waals surface area contributed by atoms with Crippen molar-refractivity contribution in [2.45, 2.75) is 12.1 Å². The molecule has 0 radical (unpaired) electrons. The fourth-order valence-electron chi connectivity index (χ4n) is 1.63. The Balaban J connectivity index is 2.08. The van der Waals surface area contributed by atoms with Crippen LogP contribution in [-0.2, 0) is 6.61 Å². The van der Waals surface area contributed by atoms with E-state index < -0.39 is 17.6 Å². The molecule has 0 bridgehead atoms. The van der Waals surface area contributed by atoms with Gasteiger partial charge in [-0.25, -0.2) is 0 Å².